The van der Waals surface area contributed by atoms with Gasteiger partial charge in [-0.05, 0) is 32.6 Å². The number of nitro groups is 1. The Balaban J connectivity index is 2.21. The van der Waals surface area contributed by atoms with Crippen LogP contribution in [-0.4, -0.2) is 28.9 Å². The second kappa shape index (κ2) is 5.85. The van der Waals surface area contributed by atoms with Crippen LogP contribution in [0.2, 0.25) is 0 Å². The Morgan fingerprint density at radius 1 is 1.13 bits per heavy atom. The lowest BCUT2D eigenvalue weighted by Gasteiger charge is -2.25. The predicted molar refractivity (Wildman–Crippen MR) is 91.7 cm³/mol. The lowest BCUT2D eigenvalue weighted by atomic mass is 9.95. The van der Waals surface area contributed by atoms with Crippen molar-refractivity contribution >= 4 is 16.6 Å². The molecule has 0 saturated heterocycles. The van der Waals surface area contributed by atoms with E-state index in [-0.39, 0.29) is 16.7 Å². The molecule has 0 aliphatic rings. The zero-order valence-electron chi connectivity index (χ0n) is 13.4. The van der Waals surface area contributed by atoms with Crippen LogP contribution in [0, 0.1) is 17.0 Å². The normalized spacial score (nSPS) is 12.7. The van der Waals surface area contributed by atoms with E-state index in [9.17, 15) is 10.1 Å². The summed E-state index contributed by atoms with van der Waals surface area (Å²) in [5.74, 6) is 0. The topological polar surface area (TPSA) is 62.2 Å². The summed E-state index contributed by atoms with van der Waals surface area (Å²) < 4.78 is 0. The smallest absolute Gasteiger partial charge is 0.269 e. The molecule has 2 aromatic carbocycles. The molecule has 0 spiro atoms. The third kappa shape index (κ3) is 2.71. The molecule has 0 saturated carbocycles. The van der Waals surface area contributed by atoms with Gasteiger partial charge in [0.05, 0.1) is 11.0 Å². The minimum absolute atomic E-state index is 0.0500. The Bertz CT molecular complexity index is 868. The van der Waals surface area contributed by atoms with Gasteiger partial charge in [-0.15, -0.1) is 0 Å². The number of nitro benzene ring substituents is 1. The second-order valence-electron chi connectivity index (χ2n) is 5.93. The van der Waals surface area contributed by atoms with Gasteiger partial charge in [-0.1, -0.05) is 30.3 Å². The first-order chi connectivity index (χ1) is 11.0. The zero-order chi connectivity index (χ0) is 16.6. The molecule has 3 aromatic rings. The lowest BCUT2D eigenvalue weighted by Crippen LogP contribution is -2.21. The average molecular weight is 309 g/mol. The van der Waals surface area contributed by atoms with E-state index in [1.54, 1.807) is 12.1 Å². The number of hydrogen-bond donors (Lipinski definition) is 1. The van der Waals surface area contributed by atoms with Gasteiger partial charge < -0.3 is 4.98 Å². The summed E-state index contributed by atoms with van der Waals surface area (Å²) in [5.41, 5.74) is 4.35. The number of nitrogens with one attached hydrogen (secondary N) is 1. The molecular formula is C18H19N3O2. The van der Waals surface area contributed by atoms with Gasteiger partial charge in [0.1, 0.15) is 0 Å². The highest BCUT2D eigenvalue weighted by Gasteiger charge is 2.24. The van der Waals surface area contributed by atoms with E-state index in [2.05, 4.69) is 16.0 Å². The molecule has 5 nitrogen and oxygen atoms in total. The standard InChI is InChI=1S/C18H19N3O2/c1-12-17(15-9-4-5-10-16(15)19-12)18(20(2)3)13-7-6-8-14(11-13)21(22)23/h4-11,18-19H,1-3H3. The molecule has 3 rings (SSSR count). The van der Waals surface area contributed by atoms with E-state index in [1.165, 1.54) is 6.07 Å². The van der Waals surface area contributed by atoms with Crippen LogP contribution < -0.4 is 0 Å². The molecular weight excluding hydrogens is 290 g/mol. The Morgan fingerprint density at radius 2 is 1.87 bits per heavy atom. The largest absolute Gasteiger partial charge is 0.358 e. The van der Waals surface area contributed by atoms with Gasteiger partial charge in [0.15, 0.2) is 0 Å². The van der Waals surface area contributed by atoms with E-state index >= 15 is 0 Å². The summed E-state index contributed by atoms with van der Waals surface area (Å²) in [6.45, 7) is 2.04. The number of aryl methyl sites for hydroxylation is 1. The van der Waals surface area contributed by atoms with Crippen LogP contribution in [0.15, 0.2) is 48.5 Å². The summed E-state index contributed by atoms with van der Waals surface area (Å²) in [6, 6.07) is 15.0. The van der Waals surface area contributed by atoms with Crippen LogP contribution in [0.25, 0.3) is 10.9 Å². The van der Waals surface area contributed by atoms with Crippen molar-refractivity contribution in [3.63, 3.8) is 0 Å². The SMILES string of the molecule is Cc1[nH]c2ccccc2c1C(c1cccc([N+](=O)[O-])c1)N(C)C. The number of H-pyrrole nitrogens is 1. The predicted octanol–water partition coefficient (Wildman–Crippen LogP) is 4.04. The molecule has 0 amide bonds. The van der Waals surface area contributed by atoms with Gasteiger partial charge in [-0.3, -0.25) is 15.0 Å². The van der Waals surface area contributed by atoms with Gasteiger partial charge in [0, 0.05) is 34.3 Å². The van der Waals surface area contributed by atoms with Crippen molar-refractivity contribution in [3.8, 4) is 0 Å². The Morgan fingerprint density at radius 3 is 2.57 bits per heavy atom. The van der Waals surface area contributed by atoms with Crippen LogP contribution in [0.5, 0.6) is 0 Å². The van der Waals surface area contributed by atoms with E-state index in [0.29, 0.717) is 0 Å². The van der Waals surface area contributed by atoms with Crippen molar-refractivity contribution in [3.05, 3.63) is 75.5 Å². The molecule has 0 radical (unpaired) electrons. The highest BCUT2D eigenvalue weighted by molar-refractivity contribution is 5.85. The third-order valence-corrected chi connectivity index (χ3v) is 4.13. The van der Waals surface area contributed by atoms with Gasteiger partial charge >= 0.3 is 0 Å². The Labute approximate surface area is 134 Å². The molecule has 0 aliphatic carbocycles. The summed E-state index contributed by atoms with van der Waals surface area (Å²) >= 11 is 0. The number of rotatable bonds is 4. The molecule has 1 atom stereocenters. The minimum atomic E-state index is -0.349. The van der Waals surface area contributed by atoms with Crippen molar-refractivity contribution in [2.24, 2.45) is 0 Å². The number of non-ortho nitro benzene ring substituents is 1. The number of aromatic nitrogens is 1. The van der Waals surface area contributed by atoms with Gasteiger partial charge in [-0.2, -0.15) is 0 Å². The van der Waals surface area contributed by atoms with E-state index in [4.69, 9.17) is 0 Å². The van der Waals surface area contributed by atoms with Crippen molar-refractivity contribution in [2.75, 3.05) is 14.1 Å². The summed E-state index contributed by atoms with van der Waals surface area (Å²) in [7, 11) is 3.98. The fourth-order valence-electron chi connectivity index (χ4n) is 3.18. The fraction of sp³-hybridized carbons (Fsp3) is 0.222. The van der Waals surface area contributed by atoms with Gasteiger partial charge in [-0.25, -0.2) is 0 Å². The van der Waals surface area contributed by atoms with Crippen molar-refractivity contribution in [1.29, 1.82) is 0 Å². The number of nitrogens with zero attached hydrogens (tertiary/aromatic N) is 2. The van der Waals surface area contributed by atoms with Crippen LogP contribution in [0.3, 0.4) is 0 Å². The molecule has 0 bridgehead atoms. The van der Waals surface area contributed by atoms with Crippen LogP contribution in [-0.2, 0) is 0 Å². The first kappa shape index (κ1) is 15.2. The summed E-state index contributed by atoms with van der Waals surface area (Å²) in [6.07, 6.45) is 0. The van der Waals surface area contributed by atoms with Gasteiger partial charge in [0.25, 0.3) is 5.69 Å². The number of aromatic amines is 1. The van der Waals surface area contributed by atoms with Crippen LogP contribution in [0.4, 0.5) is 5.69 Å². The minimum Gasteiger partial charge on any atom is -0.358 e. The van der Waals surface area contributed by atoms with E-state index < -0.39 is 0 Å². The average Bonchev–Trinajstić information content (AvgIpc) is 2.84. The maximum Gasteiger partial charge on any atom is 0.269 e. The molecule has 1 heterocycles. The molecule has 0 aliphatic heterocycles. The number of benzene rings is 2. The fourth-order valence-corrected chi connectivity index (χ4v) is 3.18. The monoisotopic (exact) mass is 309 g/mol. The summed E-state index contributed by atoms with van der Waals surface area (Å²) in [4.78, 5) is 16.2. The molecule has 1 N–H and O–H groups in total. The molecule has 118 valence electrons. The van der Waals surface area contributed by atoms with Crippen molar-refractivity contribution in [1.82, 2.24) is 9.88 Å². The molecule has 5 heteroatoms. The lowest BCUT2D eigenvalue weighted by molar-refractivity contribution is -0.384. The quantitative estimate of drug-likeness (QED) is 0.584. The number of fused-ring (bicyclic) bond motifs is 1. The molecule has 1 aromatic heterocycles. The highest BCUT2D eigenvalue weighted by atomic mass is 16.6. The maximum absolute atomic E-state index is 11.1. The first-order valence-corrected chi connectivity index (χ1v) is 7.47. The number of hydrogen-bond acceptors (Lipinski definition) is 3. The molecule has 1 unspecified atom stereocenters. The number of para-hydroxylation sites is 1. The van der Waals surface area contributed by atoms with Crippen LogP contribution >= 0.6 is 0 Å². The summed E-state index contributed by atoms with van der Waals surface area (Å²) in [5, 5.41) is 12.2. The maximum atomic E-state index is 11.1. The Kier molecular flexibility index (Phi) is 3.88. The zero-order valence-corrected chi connectivity index (χ0v) is 13.4. The molecule has 23 heavy (non-hydrogen) atoms. The van der Waals surface area contributed by atoms with E-state index in [0.717, 1.165) is 27.7 Å². The third-order valence-electron chi connectivity index (χ3n) is 4.13. The Hall–Kier alpha value is -2.66. The highest BCUT2D eigenvalue weighted by Crippen LogP contribution is 2.35. The second-order valence-corrected chi connectivity index (χ2v) is 5.93. The first-order valence-electron chi connectivity index (χ1n) is 7.47. The van der Waals surface area contributed by atoms with Gasteiger partial charge in [0.2, 0.25) is 0 Å². The van der Waals surface area contributed by atoms with E-state index in [1.807, 2.05) is 45.3 Å². The molecule has 0 fully saturated rings. The van der Waals surface area contributed by atoms with Crippen LogP contribution in [0.1, 0.15) is 22.9 Å². The van der Waals surface area contributed by atoms with Crippen molar-refractivity contribution < 1.29 is 4.92 Å². The van der Waals surface area contributed by atoms with Crippen molar-refractivity contribution in [2.45, 2.75) is 13.0 Å².